The lowest BCUT2D eigenvalue weighted by atomic mass is 9.94. The van der Waals surface area contributed by atoms with Crippen LogP contribution in [0.5, 0.6) is 0 Å². The van der Waals surface area contributed by atoms with Crippen molar-refractivity contribution >= 4 is 5.91 Å². The van der Waals surface area contributed by atoms with Crippen molar-refractivity contribution in [1.29, 1.82) is 0 Å². The van der Waals surface area contributed by atoms with E-state index in [2.05, 4.69) is 13.8 Å². The minimum atomic E-state index is -0.111. The van der Waals surface area contributed by atoms with Crippen molar-refractivity contribution in [2.24, 2.45) is 5.92 Å². The van der Waals surface area contributed by atoms with Crippen LogP contribution in [-0.4, -0.2) is 49.3 Å². The minimum absolute atomic E-state index is 0.111. The molecule has 0 bridgehead atoms. The average molecular weight is 255 g/mol. The highest BCUT2D eigenvalue weighted by Gasteiger charge is 2.35. The molecule has 4 heteroatoms. The number of morpholine rings is 1. The molecule has 2 fully saturated rings. The van der Waals surface area contributed by atoms with Crippen LogP contribution < -0.4 is 0 Å². The molecule has 2 heterocycles. The molecule has 0 unspecified atom stereocenters. The van der Waals surface area contributed by atoms with Gasteiger partial charge in [0.25, 0.3) is 0 Å². The Bertz CT molecular complexity index is 283. The first-order valence-electron chi connectivity index (χ1n) is 7.18. The smallest absolute Gasteiger partial charge is 0.223 e. The third-order valence-electron chi connectivity index (χ3n) is 4.38. The summed E-state index contributed by atoms with van der Waals surface area (Å²) in [6, 6.07) is 0. The lowest BCUT2D eigenvalue weighted by Gasteiger charge is -2.42. The lowest BCUT2D eigenvalue weighted by Crippen LogP contribution is -2.53. The lowest BCUT2D eigenvalue weighted by molar-refractivity contribution is -0.152. The molecule has 2 aliphatic heterocycles. The second-order valence-electron chi connectivity index (χ2n) is 5.49. The van der Waals surface area contributed by atoms with E-state index in [1.54, 1.807) is 0 Å². The van der Waals surface area contributed by atoms with Crippen LogP contribution in [0.2, 0.25) is 0 Å². The van der Waals surface area contributed by atoms with Crippen molar-refractivity contribution in [3.05, 3.63) is 0 Å². The van der Waals surface area contributed by atoms with Gasteiger partial charge in [0.1, 0.15) is 0 Å². The van der Waals surface area contributed by atoms with Crippen molar-refractivity contribution < 1.29 is 14.3 Å². The molecular weight excluding hydrogens is 230 g/mol. The summed E-state index contributed by atoms with van der Waals surface area (Å²) in [5.74, 6) is 0.707. The highest BCUT2D eigenvalue weighted by molar-refractivity contribution is 5.76. The average Bonchev–Trinajstić information content (AvgIpc) is 2.91. The van der Waals surface area contributed by atoms with E-state index in [-0.39, 0.29) is 11.5 Å². The second kappa shape index (κ2) is 6.02. The first-order chi connectivity index (χ1) is 8.69. The van der Waals surface area contributed by atoms with E-state index in [1.807, 2.05) is 4.90 Å². The third kappa shape index (κ3) is 3.04. The molecule has 0 aromatic carbocycles. The highest BCUT2D eigenvalue weighted by atomic mass is 16.5. The van der Waals surface area contributed by atoms with E-state index in [0.29, 0.717) is 18.9 Å². The second-order valence-corrected chi connectivity index (χ2v) is 5.49. The Kier molecular flexibility index (Phi) is 4.62. The normalized spacial score (nSPS) is 27.4. The number of nitrogens with zero attached hydrogens (tertiary/aromatic N) is 1. The van der Waals surface area contributed by atoms with Crippen LogP contribution >= 0.6 is 0 Å². The Hall–Kier alpha value is -0.610. The van der Waals surface area contributed by atoms with Crippen LogP contribution in [0.4, 0.5) is 0 Å². The van der Waals surface area contributed by atoms with Gasteiger partial charge in [-0.1, -0.05) is 13.8 Å². The molecule has 2 aliphatic rings. The largest absolute Gasteiger partial charge is 0.381 e. The molecule has 2 saturated heterocycles. The van der Waals surface area contributed by atoms with Crippen LogP contribution in [0, 0.1) is 5.92 Å². The standard InChI is InChI=1S/C14H25NO3/c1-3-14(4-2)11-15(6-8-18-14)13(16)9-12-5-7-17-10-12/h12H,3-11H2,1-2H3/t12-/m0/s1. The van der Waals surface area contributed by atoms with Gasteiger partial charge in [-0.3, -0.25) is 4.79 Å². The third-order valence-corrected chi connectivity index (χ3v) is 4.38. The first kappa shape index (κ1) is 13.8. The van der Waals surface area contributed by atoms with Crippen molar-refractivity contribution in [1.82, 2.24) is 4.90 Å². The van der Waals surface area contributed by atoms with Crippen LogP contribution in [-0.2, 0) is 14.3 Å². The molecule has 0 aliphatic carbocycles. The van der Waals surface area contributed by atoms with E-state index in [0.717, 1.165) is 45.6 Å². The topological polar surface area (TPSA) is 38.8 Å². The molecule has 1 atom stereocenters. The van der Waals surface area contributed by atoms with Gasteiger partial charge in [0, 0.05) is 32.7 Å². The molecule has 0 spiro atoms. The van der Waals surface area contributed by atoms with Gasteiger partial charge in [-0.25, -0.2) is 0 Å². The Morgan fingerprint density at radius 1 is 1.33 bits per heavy atom. The number of carbonyl (C=O) groups excluding carboxylic acids is 1. The Morgan fingerprint density at radius 3 is 2.72 bits per heavy atom. The van der Waals surface area contributed by atoms with Gasteiger partial charge in [-0.15, -0.1) is 0 Å². The number of amides is 1. The van der Waals surface area contributed by atoms with Gasteiger partial charge in [0.15, 0.2) is 0 Å². The molecule has 0 saturated carbocycles. The molecule has 0 radical (unpaired) electrons. The van der Waals surface area contributed by atoms with Gasteiger partial charge in [0.05, 0.1) is 12.2 Å². The Morgan fingerprint density at radius 2 is 2.11 bits per heavy atom. The molecule has 0 aromatic rings. The fourth-order valence-corrected chi connectivity index (χ4v) is 2.86. The van der Waals surface area contributed by atoms with Crippen LogP contribution in [0.15, 0.2) is 0 Å². The van der Waals surface area contributed by atoms with E-state index in [1.165, 1.54) is 0 Å². The molecule has 1 amide bonds. The molecule has 0 N–H and O–H groups in total. The maximum atomic E-state index is 12.3. The van der Waals surface area contributed by atoms with Crippen molar-refractivity contribution in [2.45, 2.75) is 45.1 Å². The number of ether oxygens (including phenoxy) is 2. The van der Waals surface area contributed by atoms with E-state index < -0.39 is 0 Å². The van der Waals surface area contributed by atoms with Crippen molar-refractivity contribution in [2.75, 3.05) is 32.9 Å². The maximum absolute atomic E-state index is 12.3. The molecular formula is C14H25NO3. The van der Waals surface area contributed by atoms with Gasteiger partial charge in [-0.05, 0) is 25.2 Å². The number of hydrogen-bond acceptors (Lipinski definition) is 3. The molecule has 4 nitrogen and oxygen atoms in total. The zero-order valence-electron chi connectivity index (χ0n) is 11.6. The van der Waals surface area contributed by atoms with E-state index in [9.17, 15) is 4.79 Å². The summed E-state index contributed by atoms with van der Waals surface area (Å²) in [4.78, 5) is 14.3. The summed E-state index contributed by atoms with van der Waals surface area (Å²) in [5.41, 5.74) is -0.111. The van der Waals surface area contributed by atoms with E-state index >= 15 is 0 Å². The zero-order chi connectivity index (χ0) is 13.0. The number of hydrogen-bond donors (Lipinski definition) is 0. The highest BCUT2D eigenvalue weighted by Crippen LogP contribution is 2.26. The Balaban J connectivity index is 1.89. The SMILES string of the molecule is CCC1(CC)CN(C(=O)C[C@@H]2CCOC2)CCO1. The number of carbonyl (C=O) groups is 1. The maximum Gasteiger partial charge on any atom is 0.223 e. The summed E-state index contributed by atoms with van der Waals surface area (Å²) in [5, 5.41) is 0. The molecule has 18 heavy (non-hydrogen) atoms. The molecule has 2 rings (SSSR count). The summed E-state index contributed by atoms with van der Waals surface area (Å²) >= 11 is 0. The summed E-state index contributed by atoms with van der Waals surface area (Å²) in [6.45, 7) is 8.03. The summed E-state index contributed by atoms with van der Waals surface area (Å²) in [6.07, 6.45) is 3.62. The minimum Gasteiger partial charge on any atom is -0.381 e. The van der Waals surface area contributed by atoms with Gasteiger partial charge >= 0.3 is 0 Å². The van der Waals surface area contributed by atoms with Gasteiger partial charge < -0.3 is 14.4 Å². The Labute approximate surface area is 110 Å². The van der Waals surface area contributed by atoms with E-state index in [4.69, 9.17) is 9.47 Å². The van der Waals surface area contributed by atoms with Gasteiger partial charge in [0.2, 0.25) is 5.91 Å². The molecule has 0 aromatic heterocycles. The zero-order valence-corrected chi connectivity index (χ0v) is 11.6. The molecule has 104 valence electrons. The predicted octanol–water partition coefficient (Wildman–Crippen LogP) is 1.83. The monoisotopic (exact) mass is 255 g/mol. The van der Waals surface area contributed by atoms with Crippen LogP contribution in [0.1, 0.15) is 39.5 Å². The quantitative estimate of drug-likeness (QED) is 0.769. The number of rotatable bonds is 4. The fraction of sp³-hybridized carbons (Fsp3) is 0.929. The van der Waals surface area contributed by atoms with Crippen LogP contribution in [0.3, 0.4) is 0 Å². The van der Waals surface area contributed by atoms with Crippen molar-refractivity contribution in [3.63, 3.8) is 0 Å². The first-order valence-corrected chi connectivity index (χ1v) is 7.18. The van der Waals surface area contributed by atoms with Crippen molar-refractivity contribution in [3.8, 4) is 0 Å². The summed E-state index contributed by atoms with van der Waals surface area (Å²) < 4.78 is 11.2. The fourth-order valence-electron chi connectivity index (χ4n) is 2.86. The predicted molar refractivity (Wildman–Crippen MR) is 69.4 cm³/mol. The summed E-state index contributed by atoms with van der Waals surface area (Å²) in [7, 11) is 0. The van der Waals surface area contributed by atoms with Gasteiger partial charge in [-0.2, -0.15) is 0 Å². The van der Waals surface area contributed by atoms with Crippen LogP contribution in [0.25, 0.3) is 0 Å².